The third-order valence-corrected chi connectivity index (χ3v) is 2.76. The molecule has 100 valence electrons. The zero-order valence-corrected chi connectivity index (χ0v) is 10.6. The Balaban J connectivity index is 0.000000304. The second-order valence-corrected chi connectivity index (χ2v) is 4.78. The van der Waals surface area contributed by atoms with Gasteiger partial charge in [-0.05, 0) is 33.1 Å². The van der Waals surface area contributed by atoms with Crippen molar-refractivity contribution in [2.24, 2.45) is 16.9 Å². The van der Waals surface area contributed by atoms with E-state index in [1.165, 1.54) is 6.42 Å². The van der Waals surface area contributed by atoms with Crippen LogP contribution in [0, 0.1) is 5.41 Å². The summed E-state index contributed by atoms with van der Waals surface area (Å²) in [7, 11) is 0. The Kier molecular flexibility index (Phi) is 6.57. The van der Waals surface area contributed by atoms with Gasteiger partial charge in [0, 0.05) is 19.6 Å². The summed E-state index contributed by atoms with van der Waals surface area (Å²) in [6, 6.07) is -0.269. The van der Waals surface area contributed by atoms with Crippen LogP contribution in [0.1, 0.15) is 33.1 Å². The van der Waals surface area contributed by atoms with E-state index in [1.54, 1.807) is 18.7 Å². The molecule has 2 amide bonds. The van der Waals surface area contributed by atoms with Gasteiger partial charge in [-0.2, -0.15) is 0 Å². The number of hydrogen-bond acceptors (Lipinski definition) is 3. The number of piperidine rings is 1. The van der Waals surface area contributed by atoms with E-state index in [-0.39, 0.29) is 12.6 Å². The molecule has 0 radical (unpaired) electrons. The van der Waals surface area contributed by atoms with Crippen LogP contribution in [-0.2, 0) is 4.79 Å². The molecule has 1 aliphatic heterocycles. The fourth-order valence-corrected chi connectivity index (χ4v) is 1.20. The lowest BCUT2D eigenvalue weighted by Gasteiger charge is -2.24. The number of amides is 2. The van der Waals surface area contributed by atoms with Crippen LogP contribution in [-0.4, -0.2) is 41.6 Å². The number of carboxylic acid groups (broad SMARTS) is 1. The summed E-state index contributed by atoms with van der Waals surface area (Å²) in [5.74, 6) is -0.847. The van der Waals surface area contributed by atoms with E-state index in [4.69, 9.17) is 16.6 Å². The van der Waals surface area contributed by atoms with Gasteiger partial charge in [0.25, 0.3) is 0 Å². The van der Waals surface area contributed by atoms with Gasteiger partial charge in [0.15, 0.2) is 0 Å². The van der Waals surface area contributed by atoms with Crippen LogP contribution in [0.25, 0.3) is 0 Å². The van der Waals surface area contributed by atoms with Crippen LogP contribution in [0.4, 0.5) is 4.79 Å². The van der Waals surface area contributed by atoms with E-state index >= 15 is 0 Å². The molecule has 0 unspecified atom stereocenters. The first-order chi connectivity index (χ1) is 7.81. The predicted molar refractivity (Wildman–Crippen MR) is 65.5 cm³/mol. The van der Waals surface area contributed by atoms with Gasteiger partial charge in [0.2, 0.25) is 0 Å². The smallest absolute Gasteiger partial charge is 0.314 e. The average Bonchev–Trinajstić information content (AvgIpc) is 2.30. The Morgan fingerprint density at radius 2 is 1.71 bits per heavy atom. The summed E-state index contributed by atoms with van der Waals surface area (Å²) in [5, 5.41) is 8.36. The molecule has 1 fully saturated rings. The Morgan fingerprint density at radius 1 is 1.24 bits per heavy atom. The van der Waals surface area contributed by atoms with Gasteiger partial charge in [0.05, 0.1) is 5.41 Å². The van der Waals surface area contributed by atoms with Gasteiger partial charge in [-0.1, -0.05) is 0 Å². The number of carbonyl (C=O) groups excluding carboxylic acids is 1. The third kappa shape index (κ3) is 6.11. The minimum absolute atomic E-state index is 0.183. The van der Waals surface area contributed by atoms with Crippen molar-refractivity contribution in [1.82, 2.24) is 4.90 Å². The molecule has 1 heterocycles. The molecule has 1 saturated heterocycles. The molecule has 1 aliphatic rings. The molecule has 0 spiro atoms. The van der Waals surface area contributed by atoms with E-state index in [0.29, 0.717) is 0 Å². The van der Waals surface area contributed by atoms with E-state index in [1.807, 2.05) is 0 Å². The summed E-state index contributed by atoms with van der Waals surface area (Å²) >= 11 is 0. The van der Waals surface area contributed by atoms with Crippen molar-refractivity contribution in [1.29, 1.82) is 0 Å². The minimum atomic E-state index is -0.847. The number of primary amides is 1. The van der Waals surface area contributed by atoms with E-state index < -0.39 is 11.4 Å². The van der Waals surface area contributed by atoms with Gasteiger partial charge in [-0.15, -0.1) is 0 Å². The molecular weight excluding hydrogens is 222 g/mol. The van der Waals surface area contributed by atoms with Gasteiger partial charge >= 0.3 is 12.0 Å². The van der Waals surface area contributed by atoms with Crippen LogP contribution < -0.4 is 11.5 Å². The molecule has 1 rings (SSSR count). The fraction of sp³-hybridized carbons (Fsp3) is 0.818. The largest absolute Gasteiger partial charge is 0.481 e. The van der Waals surface area contributed by atoms with E-state index in [9.17, 15) is 9.59 Å². The first-order valence-electron chi connectivity index (χ1n) is 5.79. The van der Waals surface area contributed by atoms with Gasteiger partial charge in [-0.3, -0.25) is 4.79 Å². The highest BCUT2D eigenvalue weighted by atomic mass is 16.4. The maximum atomic E-state index is 10.5. The topological polar surface area (TPSA) is 110 Å². The zero-order valence-electron chi connectivity index (χ0n) is 10.6. The lowest BCUT2D eigenvalue weighted by Crippen LogP contribution is -2.39. The third-order valence-electron chi connectivity index (χ3n) is 2.76. The summed E-state index contributed by atoms with van der Waals surface area (Å²) in [4.78, 5) is 22.4. The van der Waals surface area contributed by atoms with Gasteiger partial charge < -0.3 is 21.5 Å². The number of urea groups is 1. The molecule has 0 aliphatic carbocycles. The SMILES string of the molecule is CC(C)(CN)C(=O)O.NC(=O)N1CCCCC1. The lowest BCUT2D eigenvalue weighted by molar-refractivity contribution is -0.146. The molecular formula is C11H23N3O3. The van der Waals surface area contributed by atoms with Crippen molar-refractivity contribution in [2.75, 3.05) is 19.6 Å². The molecule has 0 atom stereocenters. The number of nitrogens with zero attached hydrogens (tertiary/aromatic N) is 1. The highest BCUT2D eigenvalue weighted by Crippen LogP contribution is 2.11. The van der Waals surface area contributed by atoms with Crippen LogP contribution in [0.2, 0.25) is 0 Å². The number of carbonyl (C=O) groups is 2. The maximum absolute atomic E-state index is 10.5. The molecule has 0 bridgehead atoms. The van der Waals surface area contributed by atoms with Crippen molar-refractivity contribution < 1.29 is 14.7 Å². The van der Waals surface area contributed by atoms with Crippen molar-refractivity contribution in [3.8, 4) is 0 Å². The lowest BCUT2D eigenvalue weighted by atomic mass is 9.95. The number of hydrogen-bond donors (Lipinski definition) is 3. The second kappa shape index (κ2) is 7.11. The van der Waals surface area contributed by atoms with Crippen LogP contribution >= 0.6 is 0 Å². The summed E-state index contributed by atoms with van der Waals surface area (Å²) < 4.78 is 0. The molecule has 6 heteroatoms. The van der Waals surface area contributed by atoms with Gasteiger partial charge in [-0.25, -0.2) is 4.79 Å². The average molecular weight is 245 g/mol. The number of aliphatic carboxylic acids is 1. The predicted octanol–water partition coefficient (Wildman–Crippen LogP) is 0.607. The standard InChI is InChI=1S/C6H12N2O.C5H11NO2/c7-6(9)8-4-2-1-3-5-8;1-5(2,3-6)4(7)8/h1-5H2,(H2,7,9);3,6H2,1-2H3,(H,7,8). The quantitative estimate of drug-likeness (QED) is 0.662. The maximum Gasteiger partial charge on any atom is 0.314 e. The van der Waals surface area contributed by atoms with Crippen LogP contribution in [0.5, 0.6) is 0 Å². The zero-order chi connectivity index (χ0) is 13.5. The highest BCUT2D eigenvalue weighted by Gasteiger charge is 2.24. The molecule has 0 aromatic rings. The number of nitrogens with two attached hydrogens (primary N) is 2. The van der Waals surface area contributed by atoms with Gasteiger partial charge in [0.1, 0.15) is 0 Å². The first-order valence-corrected chi connectivity index (χ1v) is 5.79. The monoisotopic (exact) mass is 245 g/mol. The molecule has 0 aromatic carbocycles. The van der Waals surface area contributed by atoms with E-state index in [2.05, 4.69) is 0 Å². The van der Waals surface area contributed by atoms with Crippen LogP contribution in [0.15, 0.2) is 0 Å². The normalized spacial score (nSPS) is 15.8. The second-order valence-electron chi connectivity index (χ2n) is 4.78. The summed E-state index contributed by atoms with van der Waals surface area (Å²) in [6.07, 6.45) is 3.47. The molecule has 5 N–H and O–H groups in total. The molecule has 17 heavy (non-hydrogen) atoms. The Hall–Kier alpha value is -1.30. The minimum Gasteiger partial charge on any atom is -0.481 e. The number of carboxylic acids is 1. The van der Waals surface area contributed by atoms with E-state index in [0.717, 1.165) is 25.9 Å². The molecule has 0 aromatic heterocycles. The molecule has 0 saturated carbocycles. The fourth-order valence-electron chi connectivity index (χ4n) is 1.20. The Morgan fingerprint density at radius 3 is 1.88 bits per heavy atom. The van der Waals surface area contributed by atoms with Crippen molar-refractivity contribution in [2.45, 2.75) is 33.1 Å². The van der Waals surface area contributed by atoms with Crippen molar-refractivity contribution >= 4 is 12.0 Å². The first kappa shape index (κ1) is 15.7. The molecule has 6 nitrogen and oxygen atoms in total. The summed E-state index contributed by atoms with van der Waals surface area (Å²) in [5.41, 5.74) is 9.42. The van der Waals surface area contributed by atoms with Crippen molar-refractivity contribution in [3.05, 3.63) is 0 Å². The van der Waals surface area contributed by atoms with Crippen molar-refractivity contribution in [3.63, 3.8) is 0 Å². The Bertz CT molecular complexity index is 261. The Labute approximate surface area is 102 Å². The summed E-state index contributed by atoms with van der Waals surface area (Å²) in [6.45, 7) is 5.08. The number of rotatable bonds is 2. The van der Waals surface area contributed by atoms with Crippen LogP contribution in [0.3, 0.4) is 0 Å². The number of likely N-dealkylation sites (tertiary alicyclic amines) is 1. The highest BCUT2D eigenvalue weighted by molar-refractivity contribution is 5.73.